The monoisotopic (exact) mass is 239 g/mol. The van der Waals surface area contributed by atoms with Gasteiger partial charge in [0.05, 0.1) is 5.69 Å². The number of nitrogens with one attached hydrogen (secondary N) is 2. The van der Waals surface area contributed by atoms with Crippen molar-refractivity contribution in [2.45, 2.75) is 6.42 Å². The van der Waals surface area contributed by atoms with Gasteiger partial charge in [-0.05, 0) is 11.5 Å². The van der Waals surface area contributed by atoms with Gasteiger partial charge in [0.15, 0.2) is 0 Å². The summed E-state index contributed by atoms with van der Waals surface area (Å²) < 4.78 is 0. The number of anilines is 1. The largest absolute Gasteiger partial charge is 0.311 e. The van der Waals surface area contributed by atoms with Gasteiger partial charge in [0, 0.05) is 18.4 Å². The minimum absolute atomic E-state index is 0.0866. The van der Waals surface area contributed by atoms with Crippen LogP contribution in [0.3, 0.4) is 0 Å². The van der Waals surface area contributed by atoms with Gasteiger partial charge in [0.2, 0.25) is 11.9 Å². The van der Waals surface area contributed by atoms with E-state index in [1.165, 1.54) is 0 Å². The molecule has 4 nitrogen and oxygen atoms in total. The van der Waals surface area contributed by atoms with Crippen molar-refractivity contribution in [3.63, 3.8) is 0 Å². The standard InChI is InChI=1S/C14H13N3O/c15-14-16-13(18)8-9-17(14)12-7-3-5-10-4-1-2-6-11(10)12/h1-7H,8-9H2,(H2,15,16,18). The maximum Gasteiger partial charge on any atom is 0.228 e. The van der Waals surface area contributed by atoms with Crippen LogP contribution in [0.5, 0.6) is 0 Å². The van der Waals surface area contributed by atoms with Crippen LogP contribution in [0.2, 0.25) is 0 Å². The summed E-state index contributed by atoms with van der Waals surface area (Å²) in [7, 11) is 0. The normalized spacial score (nSPS) is 15.9. The average molecular weight is 239 g/mol. The van der Waals surface area contributed by atoms with Crippen molar-refractivity contribution in [3.8, 4) is 0 Å². The quantitative estimate of drug-likeness (QED) is 0.800. The van der Waals surface area contributed by atoms with Gasteiger partial charge in [-0.15, -0.1) is 0 Å². The Morgan fingerprint density at radius 1 is 1.11 bits per heavy atom. The molecule has 0 aromatic heterocycles. The predicted molar refractivity (Wildman–Crippen MR) is 71.8 cm³/mol. The topological polar surface area (TPSA) is 56.2 Å². The Morgan fingerprint density at radius 2 is 1.89 bits per heavy atom. The van der Waals surface area contributed by atoms with Gasteiger partial charge >= 0.3 is 0 Å². The fourth-order valence-corrected chi connectivity index (χ4v) is 2.27. The molecule has 3 rings (SSSR count). The van der Waals surface area contributed by atoms with Crippen LogP contribution < -0.4 is 10.2 Å². The van der Waals surface area contributed by atoms with E-state index >= 15 is 0 Å². The molecule has 0 saturated carbocycles. The molecule has 0 bridgehead atoms. The lowest BCUT2D eigenvalue weighted by Crippen LogP contribution is -2.50. The molecule has 0 unspecified atom stereocenters. The third-order valence-corrected chi connectivity index (χ3v) is 3.15. The van der Waals surface area contributed by atoms with Crippen molar-refractivity contribution < 1.29 is 4.79 Å². The van der Waals surface area contributed by atoms with E-state index in [0.29, 0.717) is 13.0 Å². The highest BCUT2D eigenvalue weighted by Crippen LogP contribution is 2.27. The number of guanidine groups is 1. The van der Waals surface area contributed by atoms with Crippen LogP contribution in [0.1, 0.15) is 6.42 Å². The lowest BCUT2D eigenvalue weighted by Gasteiger charge is -2.30. The Bertz CT molecular complexity index is 630. The van der Waals surface area contributed by atoms with E-state index in [0.717, 1.165) is 16.5 Å². The molecule has 0 aliphatic carbocycles. The Kier molecular flexibility index (Phi) is 2.48. The van der Waals surface area contributed by atoms with E-state index in [4.69, 9.17) is 5.41 Å². The SMILES string of the molecule is N=C1NC(=O)CCN1c1cccc2ccccc12. The second kappa shape index (κ2) is 4.14. The van der Waals surface area contributed by atoms with Crippen molar-refractivity contribution in [3.05, 3.63) is 42.5 Å². The van der Waals surface area contributed by atoms with Gasteiger partial charge in [0.25, 0.3) is 0 Å². The van der Waals surface area contributed by atoms with Crippen LogP contribution in [0.4, 0.5) is 5.69 Å². The average Bonchev–Trinajstić information content (AvgIpc) is 2.38. The van der Waals surface area contributed by atoms with E-state index in [9.17, 15) is 4.79 Å². The van der Waals surface area contributed by atoms with E-state index in [1.54, 1.807) is 0 Å². The Balaban J connectivity index is 2.09. The summed E-state index contributed by atoms with van der Waals surface area (Å²) >= 11 is 0. The summed E-state index contributed by atoms with van der Waals surface area (Å²) in [5, 5.41) is 12.7. The first-order valence-corrected chi connectivity index (χ1v) is 5.89. The number of fused-ring (bicyclic) bond motifs is 1. The molecule has 0 spiro atoms. The Labute approximate surface area is 105 Å². The van der Waals surface area contributed by atoms with E-state index < -0.39 is 0 Å². The highest BCUT2D eigenvalue weighted by atomic mass is 16.2. The molecule has 2 aromatic rings. The van der Waals surface area contributed by atoms with Crippen molar-refractivity contribution >= 4 is 28.3 Å². The molecule has 4 heteroatoms. The number of carbonyl (C=O) groups is 1. The molecule has 2 N–H and O–H groups in total. The number of amides is 1. The summed E-state index contributed by atoms with van der Waals surface area (Å²) in [6.45, 7) is 0.554. The smallest absolute Gasteiger partial charge is 0.228 e. The minimum Gasteiger partial charge on any atom is -0.311 e. The van der Waals surface area contributed by atoms with Gasteiger partial charge in [-0.25, -0.2) is 0 Å². The molecule has 1 heterocycles. The third kappa shape index (κ3) is 1.72. The summed E-state index contributed by atoms with van der Waals surface area (Å²) in [5.74, 6) is 0.0686. The van der Waals surface area contributed by atoms with Gasteiger partial charge in [-0.1, -0.05) is 36.4 Å². The van der Waals surface area contributed by atoms with E-state index in [1.807, 2.05) is 47.4 Å². The summed E-state index contributed by atoms with van der Waals surface area (Å²) in [6, 6.07) is 14.1. The van der Waals surface area contributed by atoms with Crippen molar-refractivity contribution in [2.24, 2.45) is 0 Å². The maximum atomic E-state index is 11.2. The number of hydrogen-bond donors (Lipinski definition) is 2. The number of hydrogen-bond acceptors (Lipinski definition) is 2. The highest BCUT2D eigenvalue weighted by Gasteiger charge is 2.22. The zero-order valence-corrected chi connectivity index (χ0v) is 9.81. The van der Waals surface area contributed by atoms with Crippen molar-refractivity contribution in [1.29, 1.82) is 5.41 Å². The molecule has 1 fully saturated rings. The first kappa shape index (κ1) is 10.8. The van der Waals surface area contributed by atoms with Crippen LogP contribution >= 0.6 is 0 Å². The fraction of sp³-hybridized carbons (Fsp3) is 0.143. The lowest BCUT2D eigenvalue weighted by molar-refractivity contribution is -0.119. The van der Waals surface area contributed by atoms with Crippen LogP contribution in [-0.4, -0.2) is 18.4 Å². The van der Waals surface area contributed by atoms with Gasteiger partial charge in [-0.3, -0.25) is 15.5 Å². The second-order valence-electron chi connectivity index (χ2n) is 4.30. The summed E-state index contributed by atoms with van der Waals surface area (Å²) in [6.07, 6.45) is 0.422. The molecular formula is C14H13N3O. The molecule has 1 aliphatic heterocycles. The Hall–Kier alpha value is -2.36. The number of nitrogens with zero attached hydrogens (tertiary/aromatic N) is 1. The van der Waals surface area contributed by atoms with Crippen LogP contribution in [0.25, 0.3) is 10.8 Å². The van der Waals surface area contributed by atoms with Crippen molar-refractivity contribution in [2.75, 3.05) is 11.4 Å². The number of carbonyl (C=O) groups excluding carboxylic acids is 1. The maximum absolute atomic E-state index is 11.2. The summed E-state index contributed by atoms with van der Waals surface area (Å²) in [5.41, 5.74) is 0.970. The van der Waals surface area contributed by atoms with Crippen molar-refractivity contribution in [1.82, 2.24) is 5.32 Å². The lowest BCUT2D eigenvalue weighted by atomic mass is 10.1. The van der Waals surface area contributed by atoms with E-state index in [2.05, 4.69) is 5.32 Å². The van der Waals surface area contributed by atoms with Crippen LogP contribution in [0.15, 0.2) is 42.5 Å². The molecular weight excluding hydrogens is 226 g/mol. The fourth-order valence-electron chi connectivity index (χ4n) is 2.27. The molecule has 1 aliphatic rings. The number of benzene rings is 2. The van der Waals surface area contributed by atoms with Gasteiger partial charge < -0.3 is 4.90 Å². The number of rotatable bonds is 1. The zero-order chi connectivity index (χ0) is 12.5. The molecule has 0 atom stereocenters. The molecule has 0 radical (unpaired) electrons. The molecule has 2 aromatic carbocycles. The summed E-state index contributed by atoms with van der Waals surface area (Å²) in [4.78, 5) is 13.1. The Morgan fingerprint density at radius 3 is 2.72 bits per heavy atom. The molecule has 1 amide bonds. The van der Waals surface area contributed by atoms with E-state index in [-0.39, 0.29) is 11.9 Å². The molecule has 18 heavy (non-hydrogen) atoms. The molecule has 1 saturated heterocycles. The predicted octanol–water partition coefficient (Wildman–Crippen LogP) is 2.10. The second-order valence-corrected chi connectivity index (χ2v) is 4.30. The first-order chi connectivity index (χ1) is 8.75. The van der Waals surface area contributed by atoms with Crippen LogP contribution in [0, 0.1) is 5.41 Å². The van der Waals surface area contributed by atoms with Crippen LogP contribution in [-0.2, 0) is 4.79 Å². The highest BCUT2D eigenvalue weighted by molar-refractivity contribution is 6.10. The zero-order valence-electron chi connectivity index (χ0n) is 9.81. The molecule has 90 valence electrons. The van der Waals surface area contributed by atoms with Gasteiger partial charge in [-0.2, -0.15) is 0 Å². The third-order valence-electron chi connectivity index (χ3n) is 3.15. The minimum atomic E-state index is -0.0866. The van der Waals surface area contributed by atoms with Gasteiger partial charge in [0.1, 0.15) is 0 Å². The first-order valence-electron chi connectivity index (χ1n) is 5.89.